The summed E-state index contributed by atoms with van der Waals surface area (Å²) in [6.45, 7) is 6.66. The second kappa shape index (κ2) is 7.70. The molecule has 30 heavy (non-hydrogen) atoms. The normalized spacial score (nSPS) is 11.6. The molecule has 2 aromatic heterocycles. The third kappa shape index (κ3) is 3.42. The van der Waals surface area contributed by atoms with Gasteiger partial charge in [-0.3, -0.25) is 4.98 Å². The third-order valence-corrected chi connectivity index (χ3v) is 6.92. The molecule has 1 nitrogen and oxygen atoms in total. The first-order chi connectivity index (χ1) is 14.6. The van der Waals surface area contributed by atoms with Gasteiger partial charge in [-0.1, -0.05) is 80.1 Å². The van der Waals surface area contributed by atoms with E-state index in [1.807, 2.05) is 17.5 Å². The Morgan fingerprint density at radius 2 is 1.47 bits per heavy atom. The zero-order valence-corrected chi connectivity index (χ0v) is 18.5. The summed E-state index contributed by atoms with van der Waals surface area (Å²) >= 11 is 1.89. The Bertz CT molecular complexity index is 1340. The molecule has 0 atom stereocenters. The predicted molar refractivity (Wildman–Crippen MR) is 131 cm³/mol. The standard InChI is InChI=1S/C28H25NS/c1-18(2)16-20-14-15-29-26(17-20)25-9-5-8-24-23-7-4-6-22(27(23)30-28(24)25)21-12-10-19(3)11-13-21/h4-15,17-18H,16H2,1-3H3. The molecule has 3 aromatic carbocycles. The van der Waals surface area contributed by atoms with Crippen LogP contribution in [0.4, 0.5) is 0 Å². The highest BCUT2D eigenvalue weighted by molar-refractivity contribution is 7.26. The first kappa shape index (κ1) is 19.0. The van der Waals surface area contributed by atoms with Gasteiger partial charge in [0.15, 0.2) is 0 Å². The van der Waals surface area contributed by atoms with Crippen LogP contribution in [0.3, 0.4) is 0 Å². The van der Waals surface area contributed by atoms with Crippen LogP contribution in [0.2, 0.25) is 0 Å². The van der Waals surface area contributed by atoms with Crippen molar-refractivity contribution in [2.24, 2.45) is 5.92 Å². The van der Waals surface area contributed by atoms with Gasteiger partial charge in [-0.2, -0.15) is 0 Å². The molecule has 0 saturated carbocycles. The van der Waals surface area contributed by atoms with E-state index >= 15 is 0 Å². The zero-order valence-electron chi connectivity index (χ0n) is 17.6. The molecule has 148 valence electrons. The Morgan fingerprint density at radius 3 is 2.17 bits per heavy atom. The summed E-state index contributed by atoms with van der Waals surface area (Å²) in [6.07, 6.45) is 3.03. The van der Waals surface area contributed by atoms with Gasteiger partial charge in [-0.05, 0) is 48.1 Å². The molecular weight excluding hydrogens is 382 g/mol. The Morgan fingerprint density at radius 1 is 0.800 bits per heavy atom. The summed E-state index contributed by atoms with van der Waals surface area (Å²) in [5.41, 5.74) is 7.53. The van der Waals surface area contributed by atoms with E-state index in [1.165, 1.54) is 48.0 Å². The van der Waals surface area contributed by atoms with E-state index in [1.54, 1.807) is 0 Å². The fourth-order valence-corrected chi connectivity index (χ4v) is 5.56. The molecular formula is C28H25NS. The minimum atomic E-state index is 0.637. The summed E-state index contributed by atoms with van der Waals surface area (Å²) in [5.74, 6) is 0.637. The quantitative estimate of drug-likeness (QED) is 0.292. The van der Waals surface area contributed by atoms with Gasteiger partial charge in [-0.25, -0.2) is 0 Å². The number of pyridine rings is 1. The Labute approximate surface area is 182 Å². The average molecular weight is 408 g/mol. The van der Waals surface area contributed by atoms with E-state index in [2.05, 4.69) is 93.6 Å². The predicted octanol–water partition coefficient (Wildman–Crippen LogP) is 8.29. The van der Waals surface area contributed by atoms with E-state index < -0.39 is 0 Å². The summed E-state index contributed by atoms with van der Waals surface area (Å²) in [5, 5.41) is 2.64. The number of thiophene rings is 1. The highest BCUT2D eigenvalue weighted by atomic mass is 32.1. The molecule has 0 fully saturated rings. The van der Waals surface area contributed by atoms with Crippen molar-refractivity contribution in [3.8, 4) is 22.4 Å². The van der Waals surface area contributed by atoms with Crippen molar-refractivity contribution in [1.82, 2.24) is 4.98 Å². The number of rotatable bonds is 4. The number of hydrogen-bond donors (Lipinski definition) is 0. The Kier molecular flexibility index (Phi) is 4.88. The van der Waals surface area contributed by atoms with Gasteiger partial charge >= 0.3 is 0 Å². The van der Waals surface area contributed by atoms with Crippen LogP contribution in [-0.4, -0.2) is 4.98 Å². The number of nitrogens with zero attached hydrogens (tertiary/aromatic N) is 1. The van der Waals surface area contributed by atoms with Crippen molar-refractivity contribution in [3.05, 3.63) is 90.1 Å². The van der Waals surface area contributed by atoms with Crippen LogP contribution in [0.5, 0.6) is 0 Å². The second-order valence-electron chi connectivity index (χ2n) is 8.48. The lowest BCUT2D eigenvalue weighted by atomic mass is 9.99. The van der Waals surface area contributed by atoms with Crippen molar-refractivity contribution in [2.75, 3.05) is 0 Å². The lowest BCUT2D eigenvalue weighted by Gasteiger charge is -2.08. The maximum atomic E-state index is 4.73. The molecule has 2 heterocycles. The molecule has 5 aromatic rings. The summed E-state index contributed by atoms with van der Waals surface area (Å²) in [6, 6.07) is 26.5. The molecule has 0 saturated heterocycles. The maximum absolute atomic E-state index is 4.73. The first-order valence-electron chi connectivity index (χ1n) is 10.6. The van der Waals surface area contributed by atoms with E-state index in [4.69, 9.17) is 4.98 Å². The van der Waals surface area contributed by atoms with Crippen molar-refractivity contribution in [2.45, 2.75) is 27.2 Å². The molecule has 0 bridgehead atoms. The van der Waals surface area contributed by atoms with Crippen LogP contribution in [-0.2, 0) is 6.42 Å². The van der Waals surface area contributed by atoms with Gasteiger partial charge in [0.1, 0.15) is 0 Å². The highest BCUT2D eigenvalue weighted by Crippen LogP contribution is 2.43. The first-order valence-corrected chi connectivity index (χ1v) is 11.4. The van der Waals surface area contributed by atoms with Gasteiger partial charge in [0, 0.05) is 31.9 Å². The van der Waals surface area contributed by atoms with E-state index in [0.717, 1.165) is 12.1 Å². The van der Waals surface area contributed by atoms with E-state index in [0.29, 0.717) is 5.92 Å². The zero-order chi connectivity index (χ0) is 20.7. The van der Waals surface area contributed by atoms with Gasteiger partial charge in [-0.15, -0.1) is 11.3 Å². The van der Waals surface area contributed by atoms with Crippen LogP contribution in [0.1, 0.15) is 25.0 Å². The molecule has 0 unspecified atom stereocenters. The molecule has 2 heteroatoms. The van der Waals surface area contributed by atoms with Gasteiger partial charge < -0.3 is 0 Å². The minimum absolute atomic E-state index is 0.637. The number of aromatic nitrogens is 1. The number of fused-ring (bicyclic) bond motifs is 3. The maximum Gasteiger partial charge on any atom is 0.0719 e. The number of aryl methyl sites for hydroxylation is 1. The Hall–Kier alpha value is -2.97. The minimum Gasteiger partial charge on any atom is -0.256 e. The molecule has 0 N–H and O–H groups in total. The van der Waals surface area contributed by atoms with Crippen molar-refractivity contribution < 1.29 is 0 Å². The number of hydrogen-bond acceptors (Lipinski definition) is 2. The molecule has 0 amide bonds. The fraction of sp³-hybridized carbons (Fsp3) is 0.179. The molecule has 0 aliphatic rings. The lowest BCUT2D eigenvalue weighted by molar-refractivity contribution is 0.647. The smallest absolute Gasteiger partial charge is 0.0719 e. The third-order valence-electron chi connectivity index (χ3n) is 5.63. The molecule has 0 aliphatic carbocycles. The van der Waals surface area contributed by atoms with Crippen LogP contribution in [0.25, 0.3) is 42.6 Å². The van der Waals surface area contributed by atoms with Crippen LogP contribution in [0.15, 0.2) is 79.0 Å². The molecule has 0 radical (unpaired) electrons. The monoisotopic (exact) mass is 407 g/mol. The van der Waals surface area contributed by atoms with Crippen LogP contribution < -0.4 is 0 Å². The number of benzene rings is 3. The lowest BCUT2D eigenvalue weighted by Crippen LogP contribution is -1.95. The topological polar surface area (TPSA) is 12.9 Å². The molecule has 5 rings (SSSR count). The van der Waals surface area contributed by atoms with Gasteiger partial charge in [0.05, 0.1) is 5.69 Å². The van der Waals surface area contributed by atoms with E-state index in [9.17, 15) is 0 Å². The average Bonchev–Trinajstić information content (AvgIpc) is 3.13. The van der Waals surface area contributed by atoms with Crippen molar-refractivity contribution in [3.63, 3.8) is 0 Å². The summed E-state index contributed by atoms with van der Waals surface area (Å²) in [7, 11) is 0. The van der Waals surface area contributed by atoms with E-state index in [-0.39, 0.29) is 0 Å². The van der Waals surface area contributed by atoms with Crippen molar-refractivity contribution in [1.29, 1.82) is 0 Å². The molecule has 0 spiro atoms. The van der Waals surface area contributed by atoms with Crippen LogP contribution >= 0.6 is 11.3 Å². The van der Waals surface area contributed by atoms with Crippen molar-refractivity contribution >= 4 is 31.5 Å². The summed E-state index contributed by atoms with van der Waals surface area (Å²) in [4.78, 5) is 4.73. The van der Waals surface area contributed by atoms with Crippen LogP contribution in [0, 0.1) is 12.8 Å². The molecule has 0 aliphatic heterocycles. The van der Waals surface area contributed by atoms with Gasteiger partial charge in [0.25, 0.3) is 0 Å². The second-order valence-corrected chi connectivity index (χ2v) is 9.50. The largest absolute Gasteiger partial charge is 0.256 e. The fourth-order valence-electron chi connectivity index (χ4n) is 4.20. The highest BCUT2D eigenvalue weighted by Gasteiger charge is 2.14. The Balaban J connectivity index is 1.72. The summed E-state index contributed by atoms with van der Waals surface area (Å²) < 4.78 is 2.67. The SMILES string of the molecule is Cc1ccc(-c2cccc3c2sc2c(-c4cc(CC(C)C)ccn4)cccc23)cc1. The van der Waals surface area contributed by atoms with Gasteiger partial charge in [0.2, 0.25) is 0 Å².